The van der Waals surface area contributed by atoms with Crippen LogP contribution in [0.4, 0.5) is 4.39 Å². The van der Waals surface area contributed by atoms with Crippen LogP contribution in [0.2, 0.25) is 10.0 Å². The van der Waals surface area contributed by atoms with Crippen molar-refractivity contribution in [2.45, 2.75) is 50.6 Å². The molecular formula is C28H31Cl2FN2O4S. The summed E-state index contributed by atoms with van der Waals surface area (Å²) < 4.78 is 21.3. The molecule has 1 saturated carbocycles. The molecule has 0 aromatic heterocycles. The minimum Gasteiger partial charge on any atom is -0.493 e. The minimum absolute atomic E-state index is 0.0728. The third kappa shape index (κ3) is 6.09. The van der Waals surface area contributed by atoms with Crippen molar-refractivity contribution in [2.24, 2.45) is 5.92 Å². The molecule has 0 spiro atoms. The quantitative estimate of drug-likeness (QED) is 0.386. The zero-order valence-corrected chi connectivity index (χ0v) is 23.5. The summed E-state index contributed by atoms with van der Waals surface area (Å²) in [5, 5.41) is 10.7. The summed E-state index contributed by atoms with van der Waals surface area (Å²) in [7, 11) is 0. The Bertz CT molecular complexity index is 1200. The third-order valence-corrected chi connectivity index (χ3v) is 9.26. The van der Waals surface area contributed by atoms with E-state index in [2.05, 4.69) is 11.8 Å². The van der Waals surface area contributed by atoms with Crippen LogP contribution in [0.1, 0.15) is 66.1 Å². The molecule has 38 heavy (non-hydrogen) atoms. The van der Waals surface area contributed by atoms with Crippen LogP contribution in [-0.2, 0) is 4.79 Å². The normalized spacial score (nSPS) is 21.5. The molecule has 2 atom stereocenters. The summed E-state index contributed by atoms with van der Waals surface area (Å²) in [6, 6.07) is 7.83. The first-order chi connectivity index (χ1) is 18.2. The number of ether oxygens (including phenoxy) is 1. The highest BCUT2D eigenvalue weighted by Gasteiger charge is 2.37. The number of carboxylic acid groups (broad SMARTS) is 1. The second-order valence-electron chi connectivity index (χ2n) is 10.4. The highest BCUT2D eigenvalue weighted by Crippen LogP contribution is 2.45. The Kier molecular flexibility index (Phi) is 8.43. The van der Waals surface area contributed by atoms with Crippen molar-refractivity contribution < 1.29 is 23.8 Å². The molecule has 6 nitrogen and oxygen atoms in total. The fourth-order valence-corrected chi connectivity index (χ4v) is 7.01. The predicted octanol–water partition coefficient (Wildman–Crippen LogP) is 6.46. The Labute approximate surface area is 236 Å². The van der Waals surface area contributed by atoms with Crippen molar-refractivity contribution in [3.8, 4) is 5.75 Å². The molecule has 3 aliphatic rings. The van der Waals surface area contributed by atoms with Gasteiger partial charge < -0.3 is 14.7 Å². The van der Waals surface area contributed by atoms with E-state index in [1.54, 1.807) is 12.1 Å². The van der Waals surface area contributed by atoms with Gasteiger partial charge in [0.05, 0.1) is 18.0 Å². The van der Waals surface area contributed by atoms with Crippen LogP contribution < -0.4 is 4.74 Å². The first-order valence-corrected chi connectivity index (χ1v) is 14.9. The van der Waals surface area contributed by atoms with Crippen molar-refractivity contribution in [2.75, 3.05) is 31.3 Å². The van der Waals surface area contributed by atoms with E-state index in [4.69, 9.17) is 27.9 Å². The van der Waals surface area contributed by atoms with Crippen LogP contribution >= 0.6 is 35.0 Å². The summed E-state index contributed by atoms with van der Waals surface area (Å²) in [5.41, 5.74) is 1.87. The molecule has 3 fully saturated rings. The molecule has 2 aromatic rings. The number of nitrogens with zero attached hydrogens (tertiary/aromatic N) is 2. The number of piperidine rings is 1. The van der Waals surface area contributed by atoms with Crippen LogP contribution in [0.3, 0.4) is 0 Å². The van der Waals surface area contributed by atoms with E-state index < -0.39 is 23.7 Å². The molecule has 1 aliphatic carbocycles. The van der Waals surface area contributed by atoms with Crippen LogP contribution in [0.15, 0.2) is 30.3 Å². The van der Waals surface area contributed by atoms with Crippen molar-refractivity contribution in [3.63, 3.8) is 0 Å². The van der Waals surface area contributed by atoms with E-state index in [-0.39, 0.29) is 23.4 Å². The Balaban J connectivity index is 1.22. The largest absolute Gasteiger partial charge is 0.493 e. The summed E-state index contributed by atoms with van der Waals surface area (Å²) >= 11 is 13.7. The van der Waals surface area contributed by atoms with Gasteiger partial charge in [0.25, 0.3) is 5.91 Å². The Morgan fingerprint density at radius 2 is 1.79 bits per heavy atom. The standard InChI is InChI=1S/C28H31Cl2FN2O4S/c1-16(19-8-20(29)10-21(30)9-19)32-6-4-17(5-7-32)13-37-26-12-24(31)23(11-22(26)18-2-3-18)27(34)33-15-38-14-25(33)28(35)36/h8-12,16-18,25H,2-7,13-15H2,1H3,(H,35,36). The summed E-state index contributed by atoms with van der Waals surface area (Å²) in [4.78, 5) is 28.3. The number of amides is 1. The van der Waals surface area contributed by atoms with Gasteiger partial charge in [-0.05, 0) is 92.9 Å². The third-order valence-electron chi connectivity index (χ3n) is 7.81. The molecule has 0 bridgehead atoms. The van der Waals surface area contributed by atoms with Gasteiger partial charge in [0.1, 0.15) is 17.6 Å². The fraction of sp³-hybridized carbons (Fsp3) is 0.500. The van der Waals surface area contributed by atoms with Crippen LogP contribution in [0.25, 0.3) is 0 Å². The first kappa shape index (κ1) is 27.6. The molecule has 0 radical (unpaired) electrons. The number of halogens is 3. The lowest BCUT2D eigenvalue weighted by molar-refractivity contribution is -0.140. The van der Waals surface area contributed by atoms with Gasteiger partial charge in [0, 0.05) is 27.9 Å². The SMILES string of the molecule is CC(c1cc(Cl)cc(Cl)c1)N1CCC(COc2cc(F)c(C(=O)N3CSCC3C(=O)O)cc2C2CC2)CC1. The van der Waals surface area contributed by atoms with E-state index in [9.17, 15) is 14.7 Å². The molecule has 5 rings (SSSR count). The smallest absolute Gasteiger partial charge is 0.327 e. The highest BCUT2D eigenvalue weighted by molar-refractivity contribution is 7.99. The van der Waals surface area contributed by atoms with Gasteiger partial charge in [-0.15, -0.1) is 11.8 Å². The van der Waals surface area contributed by atoms with Crippen molar-refractivity contribution in [3.05, 3.63) is 62.9 Å². The minimum atomic E-state index is -1.07. The maximum Gasteiger partial charge on any atom is 0.327 e. The number of thioether (sulfide) groups is 1. The zero-order chi connectivity index (χ0) is 27.0. The topological polar surface area (TPSA) is 70.1 Å². The second-order valence-corrected chi connectivity index (χ2v) is 12.3. The van der Waals surface area contributed by atoms with Crippen molar-refractivity contribution in [1.82, 2.24) is 9.80 Å². The highest BCUT2D eigenvalue weighted by atomic mass is 35.5. The maximum absolute atomic E-state index is 15.2. The molecule has 2 saturated heterocycles. The number of hydrogen-bond donors (Lipinski definition) is 1. The Morgan fingerprint density at radius 3 is 2.42 bits per heavy atom. The van der Waals surface area contributed by atoms with Gasteiger partial charge in [-0.1, -0.05) is 23.2 Å². The fourth-order valence-electron chi connectivity index (χ4n) is 5.32. The van der Waals surface area contributed by atoms with Crippen LogP contribution in [0, 0.1) is 11.7 Å². The molecule has 1 amide bonds. The number of hydrogen-bond acceptors (Lipinski definition) is 5. The Hall–Kier alpha value is -2.00. The predicted molar refractivity (Wildman–Crippen MR) is 148 cm³/mol. The van der Waals surface area contributed by atoms with Crippen LogP contribution in [-0.4, -0.2) is 64.2 Å². The second kappa shape index (κ2) is 11.6. The van der Waals surface area contributed by atoms with Gasteiger partial charge in [0.2, 0.25) is 0 Å². The molecular weight excluding hydrogens is 550 g/mol. The van der Waals surface area contributed by atoms with Gasteiger partial charge in [-0.25, -0.2) is 9.18 Å². The van der Waals surface area contributed by atoms with Gasteiger partial charge >= 0.3 is 5.97 Å². The number of carboxylic acids is 1. The van der Waals surface area contributed by atoms with Gasteiger partial charge in [-0.3, -0.25) is 9.69 Å². The van der Waals surface area contributed by atoms with E-state index in [0.29, 0.717) is 34.1 Å². The average Bonchev–Trinajstić information content (AvgIpc) is 3.61. The lowest BCUT2D eigenvalue weighted by Crippen LogP contribution is -2.42. The molecule has 10 heteroatoms. The number of rotatable bonds is 8. The molecule has 204 valence electrons. The van der Waals surface area contributed by atoms with E-state index in [1.807, 2.05) is 12.1 Å². The van der Waals surface area contributed by atoms with E-state index in [0.717, 1.165) is 49.9 Å². The lowest BCUT2D eigenvalue weighted by Gasteiger charge is -2.36. The Morgan fingerprint density at radius 1 is 1.11 bits per heavy atom. The monoisotopic (exact) mass is 580 g/mol. The maximum atomic E-state index is 15.2. The number of benzene rings is 2. The summed E-state index contributed by atoms with van der Waals surface area (Å²) in [5.74, 6) is -0.671. The van der Waals surface area contributed by atoms with Crippen molar-refractivity contribution >= 4 is 46.8 Å². The average molecular weight is 582 g/mol. The number of aliphatic carboxylic acids is 1. The summed E-state index contributed by atoms with van der Waals surface area (Å²) in [6.07, 6.45) is 3.85. The van der Waals surface area contributed by atoms with E-state index >= 15 is 4.39 Å². The van der Waals surface area contributed by atoms with Crippen LogP contribution in [0.5, 0.6) is 5.75 Å². The molecule has 2 heterocycles. The van der Waals surface area contributed by atoms with Gasteiger partial charge in [-0.2, -0.15) is 0 Å². The molecule has 2 unspecified atom stereocenters. The number of likely N-dealkylation sites (tertiary alicyclic amines) is 1. The van der Waals surface area contributed by atoms with Crippen molar-refractivity contribution in [1.29, 1.82) is 0 Å². The van der Waals surface area contributed by atoms with Gasteiger partial charge in [0.15, 0.2) is 0 Å². The van der Waals surface area contributed by atoms with E-state index in [1.165, 1.54) is 22.7 Å². The first-order valence-electron chi connectivity index (χ1n) is 13.0. The molecule has 2 aliphatic heterocycles. The zero-order valence-electron chi connectivity index (χ0n) is 21.2. The summed E-state index contributed by atoms with van der Waals surface area (Å²) in [6.45, 7) is 4.47. The molecule has 2 aromatic carbocycles. The number of carbonyl (C=O) groups is 2. The number of carbonyl (C=O) groups excluding carboxylic acids is 1. The molecule has 1 N–H and O–H groups in total. The lowest BCUT2D eigenvalue weighted by atomic mass is 9.95.